The second-order valence-electron chi connectivity index (χ2n) is 5.14. The van der Waals surface area contributed by atoms with Crippen molar-refractivity contribution in [2.24, 2.45) is 0 Å². The van der Waals surface area contributed by atoms with Crippen molar-refractivity contribution in [2.75, 3.05) is 27.4 Å². The van der Waals surface area contributed by atoms with Gasteiger partial charge in [0.1, 0.15) is 23.9 Å². The summed E-state index contributed by atoms with van der Waals surface area (Å²) >= 11 is 6.06. The molecular formula is C18H20ClNO4. The summed E-state index contributed by atoms with van der Waals surface area (Å²) in [5, 5.41) is 3.33. The van der Waals surface area contributed by atoms with Crippen LogP contribution in [0.5, 0.6) is 17.2 Å². The average molecular weight is 350 g/mol. The van der Waals surface area contributed by atoms with Crippen molar-refractivity contribution in [1.29, 1.82) is 0 Å². The van der Waals surface area contributed by atoms with Crippen molar-refractivity contribution in [2.45, 2.75) is 6.92 Å². The molecule has 6 heteroatoms. The quantitative estimate of drug-likeness (QED) is 0.777. The molecule has 0 bridgehead atoms. The molecule has 0 radical (unpaired) electrons. The van der Waals surface area contributed by atoms with Crippen LogP contribution >= 0.6 is 11.6 Å². The molecule has 2 aromatic carbocycles. The van der Waals surface area contributed by atoms with Gasteiger partial charge in [0.2, 0.25) is 0 Å². The zero-order valence-electron chi connectivity index (χ0n) is 13.9. The molecule has 0 saturated carbocycles. The Kier molecular flexibility index (Phi) is 6.32. The molecule has 0 aliphatic rings. The molecule has 0 aliphatic heterocycles. The first-order valence-electron chi connectivity index (χ1n) is 7.43. The standard InChI is InChI=1S/C18H20ClNO4/c1-12-4-5-16(19)17(8-12)24-7-6-20-18(21)13-9-14(22-2)11-15(10-13)23-3/h4-5,8-11H,6-7H2,1-3H3,(H,20,21). The van der Waals surface area contributed by atoms with E-state index in [4.69, 9.17) is 25.8 Å². The second kappa shape index (κ2) is 8.45. The van der Waals surface area contributed by atoms with Gasteiger partial charge in [0.15, 0.2) is 0 Å². The van der Waals surface area contributed by atoms with Crippen LogP contribution in [-0.4, -0.2) is 33.3 Å². The summed E-state index contributed by atoms with van der Waals surface area (Å²) in [4.78, 5) is 12.2. The van der Waals surface area contributed by atoms with Crippen molar-refractivity contribution in [3.63, 3.8) is 0 Å². The van der Waals surface area contributed by atoms with E-state index in [9.17, 15) is 4.79 Å². The maximum atomic E-state index is 12.2. The Bertz CT molecular complexity index is 696. The molecule has 0 heterocycles. The summed E-state index contributed by atoms with van der Waals surface area (Å²) in [6.45, 7) is 2.62. The maximum absolute atomic E-state index is 12.2. The monoisotopic (exact) mass is 349 g/mol. The van der Waals surface area contributed by atoms with Crippen LogP contribution in [0.15, 0.2) is 36.4 Å². The third-order valence-electron chi connectivity index (χ3n) is 3.35. The number of benzene rings is 2. The molecule has 2 aromatic rings. The van der Waals surface area contributed by atoms with E-state index in [0.29, 0.717) is 41.0 Å². The predicted molar refractivity (Wildman–Crippen MR) is 93.6 cm³/mol. The third kappa shape index (κ3) is 4.80. The van der Waals surface area contributed by atoms with Crippen molar-refractivity contribution < 1.29 is 19.0 Å². The van der Waals surface area contributed by atoms with Crippen LogP contribution in [0.3, 0.4) is 0 Å². The summed E-state index contributed by atoms with van der Waals surface area (Å²) < 4.78 is 15.9. The number of nitrogens with one attached hydrogen (secondary N) is 1. The fourth-order valence-corrected chi connectivity index (χ4v) is 2.26. The Balaban J connectivity index is 1.90. The highest BCUT2D eigenvalue weighted by molar-refractivity contribution is 6.32. The molecule has 0 unspecified atom stereocenters. The van der Waals surface area contributed by atoms with Crippen LogP contribution in [0.2, 0.25) is 5.02 Å². The molecular weight excluding hydrogens is 330 g/mol. The van der Waals surface area contributed by atoms with Gasteiger partial charge in [-0.05, 0) is 36.8 Å². The molecule has 0 atom stereocenters. The second-order valence-corrected chi connectivity index (χ2v) is 5.55. The number of carbonyl (C=O) groups excluding carboxylic acids is 1. The summed E-state index contributed by atoms with van der Waals surface area (Å²) in [6, 6.07) is 10.6. The van der Waals surface area contributed by atoms with Gasteiger partial charge in [0, 0.05) is 11.6 Å². The van der Waals surface area contributed by atoms with Crippen molar-refractivity contribution in [3.05, 3.63) is 52.5 Å². The van der Waals surface area contributed by atoms with Crippen LogP contribution in [0.25, 0.3) is 0 Å². The van der Waals surface area contributed by atoms with Crippen LogP contribution < -0.4 is 19.5 Å². The largest absolute Gasteiger partial charge is 0.497 e. The zero-order valence-corrected chi connectivity index (χ0v) is 14.6. The van der Waals surface area contributed by atoms with E-state index in [1.807, 2.05) is 19.1 Å². The minimum Gasteiger partial charge on any atom is -0.497 e. The smallest absolute Gasteiger partial charge is 0.251 e. The molecule has 0 aromatic heterocycles. The lowest BCUT2D eigenvalue weighted by atomic mass is 10.2. The number of carbonyl (C=O) groups is 1. The van der Waals surface area contributed by atoms with Gasteiger partial charge in [-0.2, -0.15) is 0 Å². The minimum atomic E-state index is -0.230. The average Bonchev–Trinajstić information content (AvgIpc) is 2.60. The summed E-state index contributed by atoms with van der Waals surface area (Å²) in [7, 11) is 3.08. The lowest BCUT2D eigenvalue weighted by Gasteiger charge is -2.11. The fraction of sp³-hybridized carbons (Fsp3) is 0.278. The van der Waals surface area contributed by atoms with Gasteiger partial charge in [0.25, 0.3) is 5.91 Å². The van der Waals surface area contributed by atoms with Crippen LogP contribution in [0.1, 0.15) is 15.9 Å². The lowest BCUT2D eigenvalue weighted by molar-refractivity contribution is 0.0946. The van der Waals surface area contributed by atoms with E-state index in [2.05, 4.69) is 5.32 Å². The Morgan fingerprint density at radius 1 is 1.08 bits per heavy atom. The summed E-state index contributed by atoms with van der Waals surface area (Å²) in [5.41, 5.74) is 1.52. The number of rotatable bonds is 7. The Hall–Kier alpha value is -2.40. The van der Waals surface area contributed by atoms with E-state index in [1.54, 1.807) is 24.3 Å². The Morgan fingerprint density at radius 3 is 2.38 bits per heavy atom. The highest BCUT2D eigenvalue weighted by Crippen LogP contribution is 2.25. The lowest BCUT2D eigenvalue weighted by Crippen LogP contribution is -2.28. The molecule has 1 N–H and O–H groups in total. The molecule has 24 heavy (non-hydrogen) atoms. The van der Waals surface area contributed by atoms with Crippen LogP contribution in [0, 0.1) is 6.92 Å². The third-order valence-corrected chi connectivity index (χ3v) is 3.66. The van der Waals surface area contributed by atoms with Crippen LogP contribution in [-0.2, 0) is 0 Å². The summed E-state index contributed by atoms with van der Waals surface area (Å²) in [6.07, 6.45) is 0. The molecule has 0 saturated heterocycles. The van der Waals surface area contributed by atoms with E-state index in [-0.39, 0.29) is 5.91 Å². The number of ether oxygens (including phenoxy) is 3. The van der Waals surface area contributed by atoms with Gasteiger partial charge >= 0.3 is 0 Å². The van der Waals surface area contributed by atoms with Crippen molar-refractivity contribution >= 4 is 17.5 Å². The van der Waals surface area contributed by atoms with Gasteiger partial charge < -0.3 is 19.5 Å². The molecule has 1 amide bonds. The van der Waals surface area contributed by atoms with E-state index in [1.165, 1.54) is 14.2 Å². The minimum absolute atomic E-state index is 0.230. The van der Waals surface area contributed by atoms with Gasteiger partial charge in [-0.25, -0.2) is 0 Å². The highest BCUT2D eigenvalue weighted by atomic mass is 35.5. The van der Waals surface area contributed by atoms with Gasteiger partial charge in [-0.1, -0.05) is 17.7 Å². The van der Waals surface area contributed by atoms with E-state index in [0.717, 1.165) is 5.56 Å². The topological polar surface area (TPSA) is 56.8 Å². The normalized spacial score (nSPS) is 10.2. The number of hydrogen-bond acceptors (Lipinski definition) is 4. The molecule has 5 nitrogen and oxygen atoms in total. The Labute approximate surface area is 146 Å². The highest BCUT2D eigenvalue weighted by Gasteiger charge is 2.09. The van der Waals surface area contributed by atoms with Gasteiger partial charge in [-0.3, -0.25) is 4.79 Å². The summed E-state index contributed by atoms with van der Waals surface area (Å²) in [5.74, 6) is 1.49. The molecule has 0 aliphatic carbocycles. The van der Waals surface area contributed by atoms with Crippen molar-refractivity contribution in [1.82, 2.24) is 5.32 Å². The number of aryl methyl sites for hydroxylation is 1. The van der Waals surface area contributed by atoms with E-state index >= 15 is 0 Å². The Morgan fingerprint density at radius 2 is 1.75 bits per heavy atom. The molecule has 128 valence electrons. The first kappa shape index (κ1) is 17.9. The molecule has 0 spiro atoms. The van der Waals surface area contributed by atoms with Gasteiger partial charge in [0.05, 0.1) is 25.8 Å². The van der Waals surface area contributed by atoms with Crippen molar-refractivity contribution in [3.8, 4) is 17.2 Å². The molecule has 0 fully saturated rings. The number of halogens is 1. The SMILES string of the molecule is COc1cc(OC)cc(C(=O)NCCOc2cc(C)ccc2Cl)c1. The zero-order chi connectivity index (χ0) is 17.5. The maximum Gasteiger partial charge on any atom is 0.251 e. The first-order valence-corrected chi connectivity index (χ1v) is 7.81. The first-order chi connectivity index (χ1) is 11.5. The molecule has 2 rings (SSSR count). The number of amides is 1. The van der Waals surface area contributed by atoms with Gasteiger partial charge in [-0.15, -0.1) is 0 Å². The number of hydrogen-bond donors (Lipinski definition) is 1. The van der Waals surface area contributed by atoms with Crippen LogP contribution in [0.4, 0.5) is 0 Å². The fourth-order valence-electron chi connectivity index (χ4n) is 2.09. The number of methoxy groups -OCH3 is 2. The predicted octanol–water partition coefficient (Wildman–Crippen LogP) is 3.47. The van der Waals surface area contributed by atoms with E-state index < -0.39 is 0 Å².